The monoisotopic (exact) mass is 188 g/mol. The van der Waals surface area contributed by atoms with Gasteiger partial charge in [0.15, 0.2) is 0 Å². The Morgan fingerprint density at radius 3 is 2.83 bits per heavy atom. The number of carbonyl (C=O) groups is 1. The molecule has 12 heavy (non-hydrogen) atoms. The summed E-state index contributed by atoms with van der Waals surface area (Å²) in [6.07, 6.45) is 3.91. The van der Waals surface area contributed by atoms with E-state index in [1.807, 2.05) is 0 Å². The van der Waals surface area contributed by atoms with Crippen molar-refractivity contribution >= 4 is 17.6 Å². The van der Waals surface area contributed by atoms with Crippen molar-refractivity contribution in [2.24, 2.45) is 0 Å². The fourth-order valence-electron chi connectivity index (χ4n) is 0.808. The van der Waals surface area contributed by atoms with E-state index in [0.29, 0.717) is 5.03 Å². The number of carboxylic acid groups (broad SMARTS) is 1. The third kappa shape index (κ3) is 1.95. The molecule has 1 N–H and O–H groups in total. The molecule has 0 fully saturated rings. The highest BCUT2D eigenvalue weighted by atomic mass is 35.5. The zero-order valence-corrected chi connectivity index (χ0v) is 6.81. The summed E-state index contributed by atoms with van der Waals surface area (Å²) in [7, 11) is 0. The van der Waals surface area contributed by atoms with Crippen LogP contribution in [0.25, 0.3) is 0 Å². The predicted octanol–water partition coefficient (Wildman–Crippen LogP) is 2.38. The molecule has 0 unspecified atom stereocenters. The standard InChI is InChI=1S/C8H6ClFO2/c9-5-1-3-6(8(11)12)7(10)4-2-5/h2-4H,1H2,(H,11,12). The summed E-state index contributed by atoms with van der Waals surface area (Å²) in [6, 6.07) is 0. The predicted molar refractivity (Wildman–Crippen MR) is 43.5 cm³/mol. The van der Waals surface area contributed by atoms with E-state index in [9.17, 15) is 9.18 Å². The molecule has 0 aromatic carbocycles. The molecule has 1 aliphatic rings. The quantitative estimate of drug-likeness (QED) is 0.686. The fourth-order valence-corrected chi connectivity index (χ4v) is 0.948. The van der Waals surface area contributed by atoms with Crippen LogP contribution in [-0.2, 0) is 4.79 Å². The van der Waals surface area contributed by atoms with Crippen LogP contribution in [0.2, 0.25) is 0 Å². The van der Waals surface area contributed by atoms with Crippen molar-refractivity contribution in [3.05, 3.63) is 34.7 Å². The van der Waals surface area contributed by atoms with Gasteiger partial charge in [-0.1, -0.05) is 17.7 Å². The van der Waals surface area contributed by atoms with Gasteiger partial charge in [-0.15, -0.1) is 0 Å². The summed E-state index contributed by atoms with van der Waals surface area (Å²) >= 11 is 5.57. The molecule has 0 spiro atoms. The highest BCUT2D eigenvalue weighted by molar-refractivity contribution is 6.29. The van der Waals surface area contributed by atoms with Crippen LogP contribution in [0.15, 0.2) is 34.7 Å². The first-order chi connectivity index (χ1) is 5.61. The SMILES string of the molecule is O=C(O)C1=CCC(Cl)=CC=C1F. The van der Waals surface area contributed by atoms with Crippen molar-refractivity contribution in [3.8, 4) is 0 Å². The molecule has 0 aromatic rings. The fraction of sp³-hybridized carbons (Fsp3) is 0.125. The van der Waals surface area contributed by atoms with Crippen molar-refractivity contribution in [3.63, 3.8) is 0 Å². The van der Waals surface area contributed by atoms with Crippen LogP contribution < -0.4 is 0 Å². The topological polar surface area (TPSA) is 37.3 Å². The maximum Gasteiger partial charge on any atom is 0.338 e. The van der Waals surface area contributed by atoms with E-state index >= 15 is 0 Å². The Morgan fingerprint density at radius 2 is 2.25 bits per heavy atom. The highest BCUT2D eigenvalue weighted by Crippen LogP contribution is 2.21. The van der Waals surface area contributed by atoms with E-state index in [1.54, 1.807) is 0 Å². The summed E-state index contributed by atoms with van der Waals surface area (Å²) in [6.45, 7) is 0. The van der Waals surface area contributed by atoms with Gasteiger partial charge in [-0.3, -0.25) is 0 Å². The second-order valence-electron chi connectivity index (χ2n) is 2.26. The van der Waals surface area contributed by atoms with E-state index in [-0.39, 0.29) is 12.0 Å². The molecule has 0 aromatic heterocycles. The largest absolute Gasteiger partial charge is 0.478 e. The molecule has 0 atom stereocenters. The number of halogens is 2. The zero-order valence-electron chi connectivity index (χ0n) is 6.05. The summed E-state index contributed by atoms with van der Waals surface area (Å²) < 4.78 is 12.8. The van der Waals surface area contributed by atoms with Crippen molar-refractivity contribution < 1.29 is 14.3 Å². The van der Waals surface area contributed by atoms with Gasteiger partial charge in [-0.05, 0) is 12.2 Å². The molecule has 1 rings (SSSR count). The number of rotatable bonds is 1. The zero-order chi connectivity index (χ0) is 9.14. The van der Waals surface area contributed by atoms with E-state index < -0.39 is 11.8 Å². The first kappa shape index (κ1) is 9.00. The normalized spacial score (nSPS) is 17.3. The van der Waals surface area contributed by atoms with Gasteiger partial charge >= 0.3 is 5.97 Å². The molecule has 0 saturated heterocycles. The molecule has 0 radical (unpaired) electrons. The summed E-state index contributed by atoms with van der Waals surface area (Å²) in [4.78, 5) is 10.4. The minimum atomic E-state index is -1.27. The Balaban J connectivity index is 3.00. The van der Waals surface area contributed by atoms with Gasteiger partial charge < -0.3 is 5.11 Å². The average Bonchev–Trinajstić information content (AvgIpc) is 2.14. The van der Waals surface area contributed by atoms with Crippen LogP contribution in [0.4, 0.5) is 4.39 Å². The second-order valence-corrected chi connectivity index (χ2v) is 2.74. The lowest BCUT2D eigenvalue weighted by molar-refractivity contribution is -0.132. The Morgan fingerprint density at radius 1 is 1.58 bits per heavy atom. The van der Waals surface area contributed by atoms with E-state index in [2.05, 4.69) is 0 Å². The maximum atomic E-state index is 12.8. The van der Waals surface area contributed by atoms with Crippen LogP contribution >= 0.6 is 11.6 Å². The summed E-state index contributed by atoms with van der Waals surface area (Å²) in [5, 5.41) is 8.92. The van der Waals surface area contributed by atoms with Gasteiger partial charge in [0.25, 0.3) is 0 Å². The number of aliphatic carboxylic acids is 1. The maximum absolute atomic E-state index is 12.8. The summed E-state index contributed by atoms with van der Waals surface area (Å²) in [5.74, 6) is -2.04. The third-order valence-corrected chi connectivity index (χ3v) is 1.68. The molecule has 1 aliphatic carbocycles. The van der Waals surface area contributed by atoms with Gasteiger partial charge in [0.05, 0.1) is 5.57 Å². The minimum Gasteiger partial charge on any atom is -0.478 e. The van der Waals surface area contributed by atoms with E-state index in [0.717, 1.165) is 6.08 Å². The van der Waals surface area contributed by atoms with Gasteiger partial charge in [-0.2, -0.15) is 0 Å². The van der Waals surface area contributed by atoms with Gasteiger partial charge in [-0.25, -0.2) is 9.18 Å². The number of carboxylic acids is 1. The van der Waals surface area contributed by atoms with Crippen LogP contribution in [0.1, 0.15) is 6.42 Å². The molecule has 0 bridgehead atoms. The van der Waals surface area contributed by atoms with Crippen molar-refractivity contribution in [2.75, 3.05) is 0 Å². The average molecular weight is 189 g/mol. The minimum absolute atomic E-state index is 0.257. The van der Waals surface area contributed by atoms with Crippen LogP contribution in [-0.4, -0.2) is 11.1 Å². The Hall–Kier alpha value is -1.09. The Kier molecular flexibility index (Phi) is 2.65. The molecule has 0 saturated carbocycles. The molecule has 2 nitrogen and oxygen atoms in total. The smallest absolute Gasteiger partial charge is 0.338 e. The number of hydrogen-bond acceptors (Lipinski definition) is 1. The lowest BCUT2D eigenvalue weighted by Gasteiger charge is -1.94. The molecule has 0 aliphatic heterocycles. The third-order valence-electron chi connectivity index (χ3n) is 1.40. The lowest BCUT2D eigenvalue weighted by Crippen LogP contribution is -2.00. The van der Waals surface area contributed by atoms with E-state index in [4.69, 9.17) is 16.7 Å². The number of allylic oxidation sites excluding steroid dienone is 4. The van der Waals surface area contributed by atoms with Crippen molar-refractivity contribution in [1.29, 1.82) is 0 Å². The lowest BCUT2D eigenvalue weighted by atomic mass is 10.2. The van der Waals surface area contributed by atoms with Crippen molar-refractivity contribution in [1.82, 2.24) is 0 Å². The van der Waals surface area contributed by atoms with Gasteiger partial charge in [0, 0.05) is 11.5 Å². The van der Waals surface area contributed by atoms with Crippen LogP contribution in [0.5, 0.6) is 0 Å². The summed E-state index contributed by atoms with van der Waals surface area (Å²) in [5.41, 5.74) is -0.332. The highest BCUT2D eigenvalue weighted by Gasteiger charge is 2.13. The Bertz CT molecular complexity index is 302. The van der Waals surface area contributed by atoms with Crippen molar-refractivity contribution in [2.45, 2.75) is 6.42 Å². The second kappa shape index (κ2) is 3.54. The van der Waals surface area contributed by atoms with Crippen LogP contribution in [0, 0.1) is 0 Å². The van der Waals surface area contributed by atoms with E-state index in [1.165, 1.54) is 12.2 Å². The van der Waals surface area contributed by atoms with Crippen LogP contribution in [0.3, 0.4) is 0 Å². The molecule has 0 amide bonds. The first-order valence-electron chi connectivity index (χ1n) is 3.27. The molecule has 0 heterocycles. The Labute approximate surface area is 73.6 Å². The molecular weight excluding hydrogens is 183 g/mol. The van der Waals surface area contributed by atoms with Gasteiger partial charge in [0.2, 0.25) is 0 Å². The first-order valence-corrected chi connectivity index (χ1v) is 3.64. The number of hydrogen-bond donors (Lipinski definition) is 1. The molecule has 4 heteroatoms. The van der Waals surface area contributed by atoms with Gasteiger partial charge in [0.1, 0.15) is 5.83 Å². The molecule has 64 valence electrons. The molecular formula is C8H6ClFO2.